The number of nitrogens with zero attached hydrogens (tertiary/aromatic N) is 1. The highest BCUT2D eigenvalue weighted by Gasteiger charge is 2.15. The Morgan fingerprint density at radius 2 is 1.78 bits per heavy atom. The van der Waals surface area contributed by atoms with Gasteiger partial charge in [-0.25, -0.2) is 9.37 Å². The zero-order valence-electron chi connectivity index (χ0n) is 15.5. The molecule has 0 unspecified atom stereocenters. The van der Waals surface area contributed by atoms with E-state index in [1.165, 1.54) is 47.2 Å². The molecule has 4 rings (SSSR count). The molecular weight excluding hydrogens is 339 g/mol. The molecule has 0 saturated heterocycles. The maximum atomic E-state index is 13.4. The number of aromatic nitrogens is 1. The predicted octanol–water partition coefficient (Wildman–Crippen LogP) is 5.25. The van der Waals surface area contributed by atoms with Crippen LogP contribution >= 0.6 is 0 Å². The summed E-state index contributed by atoms with van der Waals surface area (Å²) in [6.45, 7) is 3.90. The van der Waals surface area contributed by atoms with Crippen molar-refractivity contribution in [1.29, 1.82) is 0 Å². The van der Waals surface area contributed by atoms with Crippen LogP contribution in [-0.2, 0) is 12.8 Å². The van der Waals surface area contributed by atoms with Crippen molar-refractivity contribution in [3.05, 3.63) is 82.3 Å². The number of amides is 1. The van der Waals surface area contributed by atoms with E-state index >= 15 is 0 Å². The van der Waals surface area contributed by atoms with E-state index in [0.717, 1.165) is 17.5 Å². The monoisotopic (exact) mass is 360 g/mol. The fourth-order valence-electron chi connectivity index (χ4n) is 3.71. The summed E-state index contributed by atoms with van der Waals surface area (Å²) in [6.07, 6.45) is 5.30. The first-order chi connectivity index (χ1) is 13.0. The molecular formula is C23H21FN2O. The molecule has 0 bridgehead atoms. The van der Waals surface area contributed by atoms with E-state index in [2.05, 4.69) is 29.4 Å². The van der Waals surface area contributed by atoms with Crippen molar-refractivity contribution in [2.24, 2.45) is 0 Å². The molecule has 27 heavy (non-hydrogen) atoms. The minimum atomic E-state index is -0.429. The van der Waals surface area contributed by atoms with Gasteiger partial charge in [0, 0.05) is 17.3 Å². The van der Waals surface area contributed by atoms with Gasteiger partial charge in [0.25, 0.3) is 5.91 Å². The number of pyridine rings is 1. The number of hydrogen-bond donors (Lipinski definition) is 1. The molecule has 0 atom stereocenters. The Bertz CT molecular complexity index is 1030. The summed E-state index contributed by atoms with van der Waals surface area (Å²) in [6, 6.07) is 12.5. The number of anilines is 1. The van der Waals surface area contributed by atoms with Gasteiger partial charge in [-0.15, -0.1) is 0 Å². The fraction of sp³-hybridized carbons (Fsp3) is 0.217. The highest BCUT2D eigenvalue weighted by atomic mass is 19.1. The molecule has 3 nitrogen and oxygen atoms in total. The maximum Gasteiger partial charge on any atom is 0.257 e. The summed E-state index contributed by atoms with van der Waals surface area (Å²) in [5.41, 5.74) is 7.37. The highest BCUT2D eigenvalue weighted by Crippen LogP contribution is 2.31. The second kappa shape index (κ2) is 6.95. The minimum Gasteiger partial charge on any atom is -0.307 e. The van der Waals surface area contributed by atoms with Gasteiger partial charge in [-0.3, -0.25) is 4.79 Å². The Morgan fingerprint density at radius 3 is 2.52 bits per heavy atom. The SMILES string of the molecule is Cc1ccc(F)cc1C(=O)Nc1ccc(-c2cc3c(cc2C)CCC3)cn1. The number of rotatable bonds is 3. The van der Waals surface area contributed by atoms with E-state index in [-0.39, 0.29) is 5.91 Å². The van der Waals surface area contributed by atoms with Crippen LogP contribution in [0.5, 0.6) is 0 Å². The van der Waals surface area contributed by atoms with Crippen molar-refractivity contribution in [1.82, 2.24) is 4.98 Å². The van der Waals surface area contributed by atoms with Gasteiger partial charge in [-0.1, -0.05) is 18.2 Å². The van der Waals surface area contributed by atoms with Gasteiger partial charge in [0.2, 0.25) is 0 Å². The summed E-state index contributed by atoms with van der Waals surface area (Å²) in [5.74, 6) is -0.340. The van der Waals surface area contributed by atoms with Crippen molar-refractivity contribution in [3.63, 3.8) is 0 Å². The molecule has 2 aromatic carbocycles. The van der Waals surface area contributed by atoms with Gasteiger partial charge in [0.1, 0.15) is 11.6 Å². The lowest BCUT2D eigenvalue weighted by Gasteiger charge is -2.11. The third-order valence-electron chi connectivity index (χ3n) is 5.20. The van der Waals surface area contributed by atoms with Crippen LogP contribution < -0.4 is 5.32 Å². The van der Waals surface area contributed by atoms with Crippen LogP contribution in [-0.4, -0.2) is 10.9 Å². The van der Waals surface area contributed by atoms with Crippen LogP contribution in [0.3, 0.4) is 0 Å². The fourth-order valence-corrected chi connectivity index (χ4v) is 3.71. The van der Waals surface area contributed by atoms with E-state index in [4.69, 9.17) is 0 Å². The number of benzene rings is 2. The zero-order valence-corrected chi connectivity index (χ0v) is 15.5. The number of aryl methyl sites for hydroxylation is 4. The summed E-state index contributed by atoms with van der Waals surface area (Å²) in [5, 5.41) is 2.74. The quantitative estimate of drug-likeness (QED) is 0.693. The summed E-state index contributed by atoms with van der Waals surface area (Å²) >= 11 is 0. The standard InChI is InChI=1S/C23H21FN2O/c1-14-6-8-19(24)12-21(14)23(27)26-22-9-7-18(13-25-22)20-11-17-5-3-4-16(17)10-15(20)2/h6-13H,3-5H2,1-2H3,(H,25,26,27). The Hall–Kier alpha value is -3.01. The number of hydrogen-bond acceptors (Lipinski definition) is 2. The minimum absolute atomic E-state index is 0.315. The molecule has 1 amide bonds. The Morgan fingerprint density at radius 1 is 1.00 bits per heavy atom. The largest absolute Gasteiger partial charge is 0.307 e. The average Bonchev–Trinajstić information content (AvgIpc) is 3.11. The first-order valence-electron chi connectivity index (χ1n) is 9.17. The van der Waals surface area contributed by atoms with Crippen molar-refractivity contribution in [2.45, 2.75) is 33.1 Å². The van der Waals surface area contributed by atoms with Gasteiger partial charge in [0.05, 0.1) is 0 Å². The predicted molar refractivity (Wildman–Crippen MR) is 106 cm³/mol. The van der Waals surface area contributed by atoms with Gasteiger partial charge in [0.15, 0.2) is 0 Å². The summed E-state index contributed by atoms with van der Waals surface area (Å²) < 4.78 is 13.4. The lowest BCUT2D eigenvalue weighted by Crippen LogP contribution is -2.14. The van der Waals surface area contributed by atoms with Gasteiger partial charge >= 0.3 is 0 Å². The summed E-state index contributed by atoms with van der Waals surface area (Å²) in [7, 11) is 0. The molecule has 4 heteroatoms. The smallest absolute Gasteiger partial charge is 0.257 e. The van der Waals surface area contributed by atoms with Gasteiger partial charge in [-0.2, -0.15) is 0 Å². The molecule has 0 radical (unpaired) electrons. The topological polar surface area (TPSA) is 42.0 Å². The van der Waals surface area contributed by atoms with E-state index in [9.17, 15) is 9.18 Å². The van der Waals surface area contributed by atoms with E-state index < -0.39 is 5.82 Å². The van der Waals surface area contributed by atoms with Gasteiger partial charge < -0.3 is 5.32 Å². The summed E-state index contributed by atoms with van der Waals surface area (Å²) in [4.78, 5) is 16.8. The molecule has 3 aromatic rings. The van der Waals surface area contributed by atoms with Crippen LogP contribution in [0.1, 0.15) is 39.0 Å². The van der Waals surface area contributed by atoms with Crippen LogP contribution in [0.4, 0.5) is 10.2 Å². The molecule has 1 heterocycles. The van der Waals surface area contributed by atoms with E-state index in [1.807, 2.05) is 6.07 Å². The maximum absolute atomic E-state index is 13.4. The Balaban J connectivity index is 1.56. The van der Waals surface area contributed by atoms with Crippen molar-refractivity contribution < 1.29 is 9.18 Å². The number of halogens is 1. The Labute approximate surface area is 158 Å². The van der Waals surface area contributed by atoms with Crippen LogP contribution in [0.15, 0.2) is 48.7 Å². The molecule has 0 aliphatic heterocycles. The van der Waals surface area contributed by atoms with Crippen LogP contribution in [0, 0.1) is 19.7 Å². The molecule has 1 aromatic heterocycles. The number of nitrogens with one attached hydrogen (secondary N) is 1. The van der Waals surface area contributed by atoms with Crippen molar-refractivity contribution >= 4 is 11.7 Å². The third kappa shape index (κ3) is 3.47. The molecule has 0 saturated carbocycles. The zero-order chi connectivity index (χ0) is 19.0. The van der Waals surface area contributed by atoms with E-state index in [0.29, 0.717) is 11.4 Å². The average molecular weight is 360 g/mol. The third-order valence-corrected chi connectivity index (χ3v) is 5.20. The molecule has 0 spiro atoms. The number of carbonyl (C=O) groups excluding carboxylic acids is 1. The van der Waals surface area contributed by atoms with Crippen LogP contribution in [0.25, 0.3) is 11.1 Å². The first-order valence-corrected chi connectivity index (χ1v) is 9.17. The van der Waals surface area contributed by atoms with Gasteiger partial charge in [-0.05, 0) is 85.2 Å². The second-order valence-corrected chi connectivity index (χ2v) is 7.13. The molecule has 1 aliphatic rings. The second-order valence-electron chi connectivity index (χ2n) is 7.13. The van der Waals surface area contributed by atoms with E-state index in [1.54, 1.807) is 25.3 Å². The Kier molecular flexibility index (Phi) is 4.48. The van der Waals surface area contributed by atoms with Crippen molar-refractivity contribution in [2.75, 3.05) is 5.32 Å². The number of carbonyl (C=O) groups is 1. The molecule has 0 fully saturated rings. The highest BCUT2D eigenvalue weighted by molar-refractivity contribution is 6.04. The first kappa shape index (κ1) is 17.4. The lowest BCUT2D eigenvalue weighted by atomic mass is 9.96. The van der Waals surface area contributed by atoms with Crippen LogP contribution in [0.2, 0.25) is 0 Å². The molecule has 1 aliphatic carbocycles. The lowest BCUT2D eigenvalue weighted by molar-refractivity contribution is 0.102. The molecule has 1 N–H and O–H groups in total. The number of fused-ring (bicyclic) bond motifs is 1. The normalized spacial score (nSPS) is 12.7. The molecule has 136 valence electrons. The van der Waals surface area contributed by atoms with Crippen molar-refractivity contribution in [3.8, 4) is 11.1 Å².